The second-order valence-electron chi connectivity index (χ2n) is 3.62. The lowest BCUT2D eigenvalue weighted by Gasteiger charge is -1.97. The highest BCUT2D eigenvalue weighted by molar-refractivity contribution is 7.11. The molecule has 2 aromatic heterocycles. The van der Waals surface area contributed by atoms with E-state index in [0.717, 1.165) is 10.4 Å². The molecule has 0 bridgehead atoms. The number of hydrogen-bond acceptors (Lipinski definition) is 3. The van der Waals surface area contributed by atoms with Crippen LogP contribution in [0.4, 0.5) is 0 Å². The molecule has 6 heteroatoms. The summed E-state index contributed by atoms with van der Waals surface area (Å²) in [6.45, 7) is 0. The van der Waals surface area contributed by atoms with Gasteiger partial charge in [0.05, 0.1) is 17.3 Å². The van der Waals surface area contributed by atoms with Gasteiger partial charge in [-0.1, -0.05) is 0 Å². The quantitative estimate of drug-likeness (QED) is 0.815. The van der Waals surface area contributed by atoms with Crippen LogP contribution >= 0.6 is 11.3 Å². The standard InChI is InChI=1S/C10H13N3O2S/c1-11-8(14)4-7-9-6(5-16-7)12(2)13(3)10(9)15/h5H,4H2,1-3H3,(H,11,14). The molecule has 1 amide bonds. The zero-order valence-corrected chi connectivity index (χ0v) is 10.2. The molecular formula is C10H13N3O2S. The summed E-state index contributed by atoms with van der Waals surface area (Å²) >= 11 is 1.46. The summed E-state index contributed by atoms with van der Waals surface area (Å²) in [4.78, 5) is 24.1. The molecule has 0 aromatic carbocycles. The van der Waals surface area contributed by atoms with Gasteiger partial charge in [-0.3, -0.25) is 19.0 Å². The topological polar surface area (TPSA) is 56.0 Å². The van der Waals surface area contributed by atoms with Gasteiger partial charge in [0.1, 0.15) is 0 Å². The van der Waals surface area contributed by atoms with Gasteiger partial charge in [-0.2, -0.15) is 0 Å². The summed E-state index contributed by atoms with van der Waals surface area (Å²) < 4.78 is 3.34. The number of likely N-dealkylation sites (N-methyl/N-ethyl adjacent to an activating group) is 1. The Morgan fingerprint density at radius 2 is 2.12 bits per heavy atom. The average Bonchev–Trinajstić information content (AvgIpc) is 2.77. The maximum Gasteiger partial charge on any atom is 0.275 e. The molecule has 1 N–H and O–H groups in total. The molecule has 5 nitrogen and oxygen atoms in total. The maximum atomic E-state index is 11.9. The second-order valence-corrected chi connectivity index (χ2v) is 4.59. The van der Waals surface area contributed by atoms with Gasteiger partial charge in [0.25, 0.3) is 5.56 Å². The predicted molar refractivity (Wildman–Crippen MR) is 63.8 cm³/mol. The lowest BCUT2D eigenvalue weighted by molar-refractivity contribution is -0.119. The van der Waals surface area contributed by atoms with Crippen molar-refractivity contribution in [1.29, 1.82) is 0 Å². The van der Waals surface area contributed by atoms with Crippen LogP contribution in [0.25, 0.3) is 10.9 Å². The molecule has 0 fully saturated rings. The van der Waals surface area contributed by atoms with E-state index in [-0.39, 0.29) is 17.9 Å². The first-order valence-corrected chi connectivity index (χ1v) is 5.77. The molecule has 2 rings (SSSR count). The van der Waals surface area contributed by atoms with E-state index in [9.17, 15) is 9.59 Å². The maximum absolute atomic E-state index is 11.9. The van der Waals surface area contributed by atoms with E-state index in [2.05, 4.69) is 5.32 Å². The number of hydrogen-bond donors (Lipinski definition) is 1. The highest BCUT2D eigenvalue weighted by Gasteiger charge is 2.16. The van der Waals surface area contributed by atoms with Crippen molar-refractivity contribution >= 4 is 28.1 Å². The van der Waals surface area contributed by atoms with Crippen LogP contribution in [0.2, 0.25) is 0 Å². The normalized spacial score (nSPS) is 10.9. The molecular weight excluding hydrogens is 226 g/mol. The summed E-state index contributed by atoms with van der Waals surface area (Å²) in [5.74, 6) is -0.0744. The molecule has 86 valence electrons. The molecule has 0 aliphatic carbocycles. The van der Waals surface area contributed by atoms with Gasteiger partial charge in [0.15, 0.2) is 0 Å². The Morgan fingerprint density at radius 3 is 2.75 bits per heavy atom. The third-order valence-corrected chi connectivity index (χ3v) is 3.73. The summed E-state index contributed by atoms with van der Waals surface area (Å²) in [5.41, 5.74) is 0.842. The number of aryl methyl sites for hydroxylation is 1. The van der Waals surface area contributed by atoms with E-state index in [4.69, 9.17) is 0 Å². The van der Waals surface area contributed by atoms with Crippen LogP contribution in [0.1, 0.15) is 4.88 Å². The number of aromatic nitrogens is 2. The lowest BCUT2D eigenvalue weighted by atomic mass is 10.2. The Bertz CT molecular complexity index is 605. The highest BCUT2D eigenvalue weighted by Crippen LogP contribution is 2.23. The molecule has 0 saturated heterocycles. The smallest absolute Gasteiger partial charge is 0.275 e. The first-order valence-electron chi connectivity index (χ1n) is 4.89. The molecule has 0 atom stereocenters. The van der Waals surface area contributed by atoms with Crippen LogP contribution in [-0.4, -0.2) is 22.3 Å². The minimum atomic E-state index is -0.0744. The largest absolute Gasteiger partial charge is 0.359 e. The van der Waals surface area contributed by atoms with Crippen molar-refractivity contribution in [3.05, 3.63) is 20.6 Å². The summed E-state index contributed by atoms with van der Waals surface area (Å²) in [5, 5.41) is 5.14. The summed E-state index contributed by atoms with van der Waals surface area (Å²) in [6, 6.07) is 0. The number of nitrogens with zero attached hydrogens (tertiary/aromatic N) is 2. The van der Waals surface area contributed by atoms with Crippen LogP contribution in [-0.2, 0) is 25.3 Å². The van der Waals surface area contributed by atoms with Crippen molar-refractivity contribution in [2.75, 3.05) is 7.05 Å². The van der Waals surface area contributed by atoms with Crippen molar-refractivity contribution < 1.29 is 4.79 Å². The molecule has 16 heavy (non-hydrogen) atoms. The number of carbonyl (C=O) groups is 1. The van der Waals surface area contributed by atoms with E-state index in [1.807, 2.05) is 12.4 Å². The van der Waals surface area contributed by atoms with Gasteiger partial charge in [-0.25, -0.2) is 0 Å². The molecule has 2 aromatic rings. The van der Waals surface area contributed by atoms with Crippen LogP contribution in [0.5, 0.6) is 0 Å². The van der Waals surface area contributed by atoms with E-state index >= 15 is 0 Å². The van der Waals surface area contributed by atoms with E-state index in [1.165, 1.54) is 11.3 Å². The van der Waals surface area contributed by atoms with Gasteiger partial charge in [-0.15, -0.1) is 11.3 Å². The highest BCUT2D eigenvalue weighted by atomic mass is 32.1. The van der Waals surface area contributed by atoms with Crippen molar-refractivity contribution in [3.63, 3.8) is 0 Å². The third kappa shape index (κ3) is 1.46. The minimum absolute atomic E-state index is 0.0438. The number of rotatable bonds is 2. The minimum Gasteiger partial charge on any atom is -0.359 e. The van der Waals surface area contributed by atoms with Crippen LogP contribution < -0.4 is 10.9 Å². The Hall–Kier alpha value is -1.56. The van der Waals surface area contributed by atoms with Gasteiger partial charge >= 0.3 is 0 Å². The molecule has 0 saturated carbocycles. The number of nitrogens with one attached hydrogen (secondary N) is 1. The molecule has 0 radical (unpaired) electrons. The Kier molecular flexibility index (Phi) is 2.59. The Morgan fingerprint density at radius 1 is 1.44 bits per heavy atom. The van der Waals surface area contributed by atoms with E-state index in [1.54, 1.807) is 23.5 Å². The summed E-state index contributed by atoms with van der Waals surface area (Å²) in [7, 11) is 5.15. The summed E-state index contributed by atoms with van der Waals surface area (Å²) in [6.07, 6.45) is 0.268. The van der Waals surface area contributed by atoms with Gasteiger partial charge in [-0.05, 0) is 0 Å². The fourth-order valence-electron chi connectivity index (χ4n) is 1.68. The number of amides is 1. The zero-order chi connectivity index (χ0) is 11.9. The first kappa shape index (κ1) is 10.9. The van der Waals surface area contributed by atoms with Crippen LogP contribution in [0.3, 0.4) is 0 Å². The predicted octanol–water partition coefficient (Wildman–Crippen LogP) is 0.227. The molecule has 0 aliphatic heterocycles. The average molecular weight is 239 g/mol. The first-order chi connectivity index (χ1) is 7.56. The molecule has 2 heterocycles. The monoisotopic (exact) mass is 239 g/mol. The third-order valence-electron chi connectivity index (χ3n) is 2.75. The Balaban J connectivity index is 2.60. The lowest BCUT2D eigenvalue weighted by Crippen LogP contribution is -2.21. The van der Waals surface area contributed by atoms with Crippen molar-refractivity contribution in [2.24, 2.45) is 14.1 Å². The van der Waals surface area contributed by atoms with Gasteiger partial charge in [0.2, 0.25) is 5.91 Å². The van der Waals surface area contributed by atoms with Crippen molar-refractivity contribution in [3.8, 4) is 0 Å². The van der Waals surface area contributed by atoms with Gasteiger partial charge in [0, 0.05) is 31.4 Å². The van der Waals surface area contributed by atoms with E-state index < -0.39 is 0 Å². The Labute approximate surface area is 96.3 Å². The second kappa shape index (κ2) is 3.79. The molecule has 0 spiro atoms. The van der Waals surface area contributed by atoms with E-state index in [0.29, 0.717) is 5.39 Å². The number of fused-ring (bicyclic) bond motifs is 1. The van der Waals surface area contributed by atoms with Crippen LogP contribution in [0.15, 0.2) is 10.2 Å². The molecule has 0 aliphatic rings. The SMILES string of the molecule is CNC(=O)Cc1scc2c1c(=O)n(C)n2C. The fourth-order valence-corrected chi connectivity index (χ4v) is 2.73. The zero-order valence-electron chi connectivity index (χ0n) is 9.40. The number of carbonyl (C=O) groups excluding carboxylic acids is 1. The van der Waals surface area contributed by atoms with Crippen molar-refractivity contribution in [1.82, 2.24) is 14.7 Å². The molecule has 0 unspecified atom stereocenters. The van der Waals surface area contributed by atoms with Gasteiger partial charge < -0.3 is 5.32 Å². The number of thiophene rings is 1. The van der Waals surface area contributed by atoms with Crippen LogP contribution in [0, 0.1) is 0 Å². The van der Waals surface area contributed by atoms with Crippen molar-refractivity contribution in [2.45, 2.75) is 6.42 Å². The fraction of sp³-hybridized carbons (Fsp3) is 0.400.